The molecular formula is C6H13CoN. The fraction of sp³-hybridized carbons (Fsp3) is 0.833. The van der Waals surface area contributed by atoms with Gasteiger partial charge in [-0.1, -0.05) is 19.8 Å². The Kier molecular flexibility index (Phi) is 14.1. The van der Waals surface area contributed by atoms with E-state index in [1.54, 1.807) is 0 Å². The molecule has 1 N–H and O–H groups in total. The molecule has 0 aliphatic heterocycles. The van der Waals surface area contributed by atoms with Crippen molar-refractivity contribution in [3.05, 3.63) is 0 Å². The summed E-state index contributed by atoms with van der Waals surface area (Å²) < 4.78 is 0. The maximum absolute atomic E-state index is 6.66. The molecule has 0 amide bonds. The number of unbranched alkanes of at least 4 members (excludes halogenated alkanes) is 3. The van der Waals surface area contributed by atoms with Gasteiger partial charge < -0.3 is 5.41 Å². The van der Waals surface area contributed by atoms with Crippen molar-refractivity contribution in [2.45, 2.75) is 32.6 Å². The first-order valence-electron chi connectivity index (χ1n) is 2.90. The van der Waals surface area contributed by atoms with E-state index in [-0.39, 0.29) is 16.8 Å². The molecule has 0 aliphatic carbocycles. The molecule has 0 bridgehead atoms. The summed E-state index contributed by atoms with van der Waals surface area (Å²) in [5.41, 5.74) is 0. The van der Waals surface area contributed by atoms with E-state index in [9.17, 15) is 0 Å². The maximum atomic E-state index is 6.66. The van der Waals surface area contributed by atoms with Gasteiger partial charge in [-0.25, -0.2) is 0 Å². The van der Waals surface area contributed by atoms with Crippen molar-refractivity contribution in [2.24, 2.45) is 0 Å². The molecule has 2 heteroatoms. The molecule has 0 saturated heterocycles. The van der Waals surface area contributed by atoms with E-state index in [1.165, 1.54) is 25.5 Å². The third-order valence-corrected chi connectivity index (χ3v) is 0.952. The van der Waals surface area contributed by atoms with Crippen molar-refractivity contribution in [2.75, 3.05) is 0 Å². The maximum Gasteiger partial charge on any atom is 0 e. The van der Waals surface area contributed by atoms with Crippen LogP contribution in [0.3, 0.4) is 0 Å². The zero-order valence-electron chi connectivity index (χ0n) is 5.24. The number of hydrogen-bond acceptors (Lipinski definition) is 1. The van der Waals surface area contributed by atoms with Gasteiger partial charge in [0.25, 0.3) is 0 Å². The van der Waals surface area contributed by atoms with Crippen LogP contribution in [-0.2, 0) is 16.8 Å². The predicted molar refractivity (Wildman–Crippen MR) is 32.9 cm³/mol. The zero-order chi connectivity index (χ0) is 5.54. The van der Waals surface area contributed by atoms with Crippen LogP contribution >= 0.6 is 0 Å². The van der Waals surface area contributed by atoms with E-state index in [2.05, 4.69) is 6.92 Å². The molecular weight excluding hydrogens is 145 g/mol. The van der Waals surface area contributed by atoms with Crippen molar-refractivity contribution in [1.82, 2.24) is 0 Å². The predicted octanol–water partition coefficient (Wildman–Crippen LogP) is 2.21. The minimum absolute atomic E-state index is 0. The summed E-state index contributed by atoms with van der Waals surface area (Å²) in [5.74, 6) is 0. The Balaban J connectivity index is 0. The van der Waals surface area contributed by atoms with E-state index in [0.29, 0.717) is 0 Å². The van der Waals surface area contributed by atoms with Gasteiger partial charge in [-0.2, -0.15) is 0 Å². The minimum Gasteiger partial charge on any atom is -0.313 e. The molecule has 51 valence electrons. The quantitative estimate of drug-likeness (QED) is 0.479. The van der Waals surface area contributed by atoms with Crippen LogP contribution in [0.1, 0.15) is 32.6 Å². The Bertz CT molecular complexity index is 45.8. The van der Waals surface area contributed by atoms with Gasteiger partial charge in [0.05, 0.1) is 0 Å². The summed E-state index contributed by atoms with van der Waals surface area (Å²) in [5, 5.41) is 6.66. The molecule has 0 atom stereocenters. The van der Waals surface area contributed by atoms with Crippen molar-refractivity contribution >= 4 is 6.21 Å². The van der Waals surface area contributed by atoms with E-state index in [4.69, 9.17) is 5.41 Å². The van der Waals surface area contributed by atoms with Gasteiger partial charge in [0, 0.05) is 16.8 Å². The molecule has 0 aromatic rings. The number of hydrogen-bond donors (Lipinski definition) is 1. The van der Waals surface area contributed by atoms with Gasteiger partial charge in [0.1, 0.15) is 0 Å². The van der Waals surface area contributed by atoms with Crippen LogP contribution < -0.4 is 0 Å². The topological polar surface area (TPSA) is 23.9 Å². The second-order valence-corrected chi connectivity index (χ2v) is 1.70. The van der Waals surface area contributed by atoms with Crippen LogP contribution in [0.15, 0.2) is 0 Å². The van der Waals surface area contributed by atoms with Crippen molar-refractivity contribution in [3.63, 3.8) is 0 Å². The summed E-state index contributed by atoms with van der Waals surface area (Å²) in [6.45, 7) is 2.17. The van der Waals surface area contributed by atoms with Crippen LogP contribution in [0.5, 0.6) is 0 Å². The fourth-order valence-electron chi connectivity index (χ4n) is 0.496. The first kappa shape index (κ1) is 11.0. The molecule has 0 aromatic carbocycles. The van der Waals surface area contributed by atoms with Crippen LogP contribution in [-0.4, -0.2) is 6.21 Å². The Morgan fingerprint density at radius 3 is 2.38 bits per heavy atom. The van der Waals surface area contributed by atoms with Gasteiger partial charge in [-0.3, -0.25) is 0 Å². The average molecular weight is 158 g/mol. The van der Waals surface area contributed by atoms with Gasteiger partial charge in [0.15, 0.2) is 0 Å². The third kappa shape index (κ3) is 9.49. The number of nitrogens with one attached hydrogen (secondary N) is 1. The smallest absolute Gasteiger partial charge is 0 e. The van der Waals surface area contributed by atoms with E-state index in [0.717, 1.165) is 6.42 Å². The summed E-state index contributed by atoms with van der Waals surface area (Å²) in [7, 11) is 0. The first-order valence-corrected chi connectivity index (χ1v) is 2.90. The monoisotopic (exact) mass is 158 g/mol. The minimum atomic E-state index is 0. The van der Waals surface area contributed by atoms with E-state index < -0.39 is 0 Å². The largest absolute Gasteiger partial charge is 0.313 e. The Hall–Kier alpha value is 0.176. The molecule has 1 radical (unpaired) electrons. The number of rotatable bonds is 4. The summed E-state index contributed by atoms with van der Waals surface area (Å²) in [6.07, 6.45) is 6.17. The molecule has 0 unspecified atom stereocenters. The van der Waals surface area contributed by atoms with Crippen LogP contribution in [0.4, 0.5) is 0 Å². The Labute approximate surface area is 61.6 Å². The molecule has 8 heavy (non-hydrogen) atoms. The first-order chi connectivity index (χ1) is 3.41. The normalized spacial score (nSPS) is 7.62. The van der Waals surface area contributed by atoms with Crippen LogP contribution in [0.25, 0.3) is 0 Å². The van der Waals surface area contributed by atoms with Gasteiger partial charge >= 0.3 is 0 Å². The molecule has 0 fully saturated rings. The SMILES string of the molecule is CCCCCC=N.[Co]. The second-order valence-electron chi connectivity index (χ2n) is 1.70. The standard InChI is InChI=1S/C6H13N.Co/c1-2-3-4-5-6-7;/h6-7H,2-5H2,1H3;. The van der Waals surface area contributed by atoms with E-state index in [1.807, 2.05) is 0 Å². The summed E-state index contributed by atoms with van der Waals surface area (Å²) in [6, 6.07) is 0. The molecule has 0 aliphatic rings. The molecule has 1 nitrogen and oxygen atoms in total. The molecule has 0 saturated carbocycles. The van der Waals surface area contributed by atoms with Gasteiger partial charge in [-0.15, -0.1) is 0 Å². The van der Waals surface area contributed by atoms with Crippen molar-refractivity contribution in [3.8, 4) is 0 Å². The summed E-state index contributed by atoms with van der Waals surface area (Å²) >= 11 is 0. The zero-order valence-corrected chi connectivity index (χ0v) is 6.28. The van der Waals surface area contributed by atoms with Crippen molar-refractivity contribution < 1.29 is 16.8 Å². The van der Waals surface area contributed by atoms with Crippen LogP contribution in [0, 0.1) is 5.41 Å². The van der Waals surface area contributed by atoms with Crippen LogP contribution in [0.2, 0.25) is 0 Å². The average Bonchev–Trinajstić information content (AvgIpc) is 1.69. The van der Waals surface area contributed by atoms with Crippen molar-refractivity contribution in [1.29, 1.82) is 5.41 Å². The van der Waals surface area contributed by atoms with Gasteiger partial charge in [-0.05, 0) is 19.1 Å². The molecule has 0 rings (SSSR count). The van der Waals surface area contributed by atoms with Gasteiger partial charge in [0.2, 0.25) is 0 Å². The second kappa shape index (κ2) is 10.2. The third-order valence-electron chi connectivity index (χ3n) is 0.952. The Morgan fingerprint density at radius 1 is 1.38 bits per heavy atom. The fourth-order valence-corrected chi connectivity index (χ4v) is 0.496. The Morgan fingerprint density at radius 2 is 2.00 bits per heavy atom. The molecule has 0 aromatic heterocycles. The van der Waals surface area contributed by atoms with E-state index >= 15 is 0 Å². The molecule has 0 spiro atoms. The molecule has 0 heterocycles. The summed E-state index contributed by atoms with van der Waals surface area (Å²) in [4.78, 5) is 0.